The summed E-state index contributed by atoms with van der Waals surface area (Å²) < 4.78 is 0. The van der Waals surface area contributed by atoms with Gasteiger partial charge in [0.15, 0.2) is 0 Å². The Bertz CT molecular complexity index is 795. The van der Waals surface area contributed by atoms with Crippen molar-refractivity contribution in [3.63, 3.8) is 0 Å². The van der Waals surface area contributed by atoms with E-state index in [0.717, 1.165) is 0 Å². The zero-order valence-corrected chi connectivity index (χ0v) is 13.1. The minimum Gasteiger partial charge on any atom is -0.507 e. The lowest BCUT2D eigenvalue weighted by molar-refractivity contribution is -0.112. The molecule has 0 saturated carbocycles. The minimum atomic E-state index is -0.403. The van der Waals surface area contributed by atoms with Gasteiger partial charge in [0.25, 0.3) is 11.8 Å². The number of hydrogen-bond acceptors (Lipinski definition) is 4. The molecule has 0 unspecified atom stereocenters. The molecule has 0 bridgehead atoms. The van der Waals surface area contributed by atoms with Gasteiger partial charge in [-0.1, -0.05) is 18.7 Å². The first-order valence-corrected chi connectivity index (χ1v) is 7.15. The number of nitrogens with one attached hydrogen (secondary N) is 2. The summed E-state index contributed by atoms with van der Waals surface area (Å²) in [5.41, 5.74) is 4.22. The molecule has 2 aromatic rings. The Morgan fingerprint density at radius 1 is 1.12 bits per heavy atom. The number of phenols is 1. The number of carbonyl (C=O) groups is 2. The fraction of sp³-hybridized carbons (Fsp3) is 0.0556. The van der Waals surface area contributed by atoms with E-state index in [1.807, 2.05) is 0 Å². The number of phenolic OH excluding ortho intramolecular Hbond substituents is 1. The summed E-state index contributed by atoms with van der Waals surface area (Å²) in [6.07, 6.45) is 1.36. The lowest BCUT2D eigenvalue weighted by Gasteiger charge is -2.05. The molecule has 2 aromatic carbocycles. The highest BCUT2D eigenvalue weighted by Crippen LogP contribution is 2.13. The molecule has 6 heteroatoms. The average molecular weight is 323 g/mol. The number of amides is 2. The highest BCUT2D eigenvalue weighted by Gasteiger charge is 2.06. The molecule has 0 atom stereocenters. The number of rotatable bonds is 5. The fourth-order valence-corrected chi connectivity index (χ4v) is 1.76. The number of aromatic hydroxyl groups is 1. The quantitative estimate of drug-likeness (QED) is 0.449. The topological polar surface area (TPSA) is 90.8 Å². The maximum Gasteiger partial charge on any atom is 0.271 e. The van der Waals surface area contributed by atoms with E-state index >= 15 is 0 Å². The number of hydrogen-bond donors (Lipinski definition) is 3. The van der Waals surface area contributed by atoms with Gasteiger partial charge < -0.3 is 10.4 Å². The molecule has 0 spiro atoms. The summed E-state index contributed by atoms with van der Waals surface area (Å²) in [7, 11) is 0. The highest BCUT2D eigenvalue weighted by molar-refractivity contribution is 6.03. The number of carbonyl (C=O) groups excluding carboxylic acids is 2. The van der Waals surface area contributed by atoms with Crippen LogP contribution in [0.25, 0.3) is 0 Å². The number of nitrogens with zero attached hydrogens (tertiary/aromatic N) is 1. The van der Waals surface area contributed by atoms with Crippen LogP contribution in [0.4, 0.5) is 5.69 Å². The van der Waals surface area contributed by atoms with E-state index in [1.54, 1.807) is 49.4 Å². The lowest BCUT2D eigenvalue weighted by Crippen LogP contribution is -2.18. The Morgan fingerprint density at radius 2 is 1.79 bits per heavy atom. The van der Waals surface area contributed by atoms with Crippen molar-refractivity contribution >= 4 is 23.7 Å². The van der Waals surface area contributed by atoms with Gasteiger partial charge in [-0.05, 0) is 43.3 Å². The summed E-state index contributed by atoms with van der Waals surface area (Å²) in [6, 6.07) is 13.0. The summed E-state index contributed by atoms with van der Waals surface area (Å²) in [6.45, 7) is 5.16. The van der Waals surface area contributed by atoms with Gasteiger partial charge in [0, 0.05) is 22.4 Å². The number of hydrazone groups is 1. The summed E-state index contributed by atoms with van der Waals surface area (Å²) in [5.74, 6) is -0.605. The molecule has 24 heavy (non-hydrogen) atoms. The molecule has 0 aliphatic heterocycles. The molecule has 2 rings (SSSR count). The zero-order valence-electron chi connectivity index (χ0n) is 13.1. The van der Waals surface area contributed by atoms with Gasteiger partial charge in [-0.25, -0.2) is 5.43 Å². The molecule has 2 amide bonds. The number of anilines is 1. The first kappa shape index (κ1) is 17.0. The van der Waals surface area contributed by atoms with Crippen molar-refractivity contribution in [3.8, 4) is 5.75 Å². The van der Waals surface area contributed by atoms with E-state index in [4.69, 9.17) is 0 Å². The van der Waals surface area contributed by atoms with Crippen molar-refractivity contribution in [3.05, 3.63) is 71.8 Å². The zero-order chi connectivity index (χ0) is 17.5. The first-order valence-electron chi connectivity index (χ1n) is 7.15. The van der Waals surface area contributed by atoms with Crippen LogP contribution in [0.15, 0.2) is 65.8 Å². The van der Waals surface area contributed by atoms with Gasteiger partial charge in [-0.15, -0.1) is 0 Å². The Morgan fingerprint density at radius 3 is 2.42 bits per heavy atom. The van der Waals surface area contributed by atoms with Crippen LogP contribution in [0.3, 0.4) is 0 Å². The summed E-state index contributed by atoms with van der Waals surface area (Å²) in [5, 5.41) is 16.0. The molecule has 122 valence electrons. The van der Waals surface area contributed by atoms with Crippen molar-refractivity contribution in [1.82, 2.24) is 5.43 Å². The van der Waals surface area contributed by atoms with Crippen LogP contribution in [-0.2, 0) is 4.79 Å². The Labute approximate surface area is 139 Å². The SMILES string of the molecule is C=C(C)C(=O)Nc1ccc(C(=O)N/N=C/c2ccccc2O)cc1. The van der Waals surface area contributed by atoms with E-state index < -0.39 is 5.91 Å². The molecular weight excluding hydrogens is 306 g/mol. The predicted molar refractivity (Wildman–Crippen MR) is 93.1 cm³/mol. The second-order valence-corrected chi connectivity index (χ2v) is 5.07. The maximum atomic E-state index is 12.0. The van der Waals surface area contributed by atoms with Crippen molar-refractivity contribution in [2.45, 2.75) is 6.92 Å². The van der Waals surface area contributed by atoms with Gasteiger partial charge in [0.05, 0.1) is 6.21 Å². The molecule has 3 N–H and O–H groups in total. The fourth-order valence-electron chi connectivity index (χ4n) is 1.76. The van der Waals surface area contributed by atoms with Gasteiger partial charge in [0.2, 0.25) is 0 Å². The Balaban J connectivity index is 1.96. The van der Waals surface area contributed by atoms with Crippen molar-refractivity contribution < 1.29 is 14.7 Å². The van der Waals surface area contributed by atoms with E-state index in [-0.39, 0.29) is 11.7 Å². The standard InChI is InChI=1S/C18H17N3O3/c1-12(2)17(23)20-15-9-7-13(8-10-15)18(24)21-19-11-14-5-3-4-6-16(14)22/h3-11,22H,1H2,2H3,(H,20,23)(H,21,24)/b19-11+. The van der Waals surface area contributed by atoms with E-state index in [0.29, 0.717) is 22.4 Å². The van der Waals surface area contributed by atoms with Crippen LogP contribution >= 0.6 is 0 Å². The van der Waals surface area contributed by atoms with Crippen molar-refractivity contribution in [2.24, 2.45) is 5.10 Å². The van der Waals surface area contributed by atoms with Crippen LogP contribution in [0.1, 0.15) is 22.8 Å². The molecule has 0 aliphatic rings. The minimum absolute atomic E-state index is 0.0769. The Hall–Kier alpha value is -3.41. The molecule has 0 aromatic heterocycles. The monoisotopic (exact) mass is 323 g/mol. The van der Waals surface area contributed by atoms with Crippen LogP contribution in [0.5, 0.6) is 5.75 Å². The predicted octanol–water partition coefficient (Wildman–Crippen LogP) is 2.67. The first-order chi connectivity index (χ1) is 11.5. The molecule has 0 heterocycles. The largest absolute Gasteiger partial charge is 0.507 e. The molecule has 0 fully saturated rings. The average Bonchev–Trinajstić information content (AvgIpc) is 2.57. The summed E-state index contributed by atoms with van der Waals surface area (Å²) >= 11 is 0. The second kappa shape index (κ2) is 7.73. The number of para-hydroxylation sites is 1. The van der Waals surface area contributed by atoms with Gasteiger partial charge in [-0.3, -0.25) is 9.59 Å². The van der Waals surface area contributed by atoms with Crippen LogP contribution in [-0.4, -0.2) is 23.1 Å². The van der Waals surface area contributed by atoms with E-state index in [9.17, 15) is 14.7 Å². The van der Waals surface area contributed by atoms with Crippen LogP contribution in [0.2, 0.25) is 0 Å². The third-order valence-corrected chi connectivity index (χ3v) is 3.10. The molecule has 0 radical (unpaired) electrons. The van der Waals surface area contributed by atoms with Crippen LogP contribution < -0.4 is 10.7 Å². The number of benzene rings is 2. The smallest absolute Gasteiger partial charge is 0.271 e. The van der Waals surface area contributed by atoms with Gasteiger partial charge >= 0.3 is 0 Å². The van der Waals surface area contributed by atoms with E-state index in [1.165, 1.54) is 12.3 Å². The van der Waals surface area contributed by atoms with Gasteiger partial charge in [0.1, 0.15) is 5.75 Å². The third kappa shape index (κ3) is 4.54. The normalized spacial score (nSPS) is 10.4. The summed E-state index contributed by atoms with van der Waals surface area (Å²) in [4.78, 5) is 23.5. The Kier molecular flexibility index (Phi) is 5.46. The van der Waals surface area contributed by atoms with Gasteiger partial charge in [-0.2, -0.15) is 5.10 Å². The molecular formula is C18H17N3O3. The maximum absolute atomic E-state index is 12.0. The highest BCUT2D eigenvalue weighted by atomic mass is 16.3. The molecule has 0 saturated heterocycles. The second-order valence-electron chi connectivity index (χ2n) is 5.07. The molecule has 0 aliphatic carbocycles. The van der Waals surface area contributed by atoms with Crippen LogP contribution in [0, 0.1) is 0 Å². The van der Waals surface area contributed by atoms with Crippen molar-refractivity contribution in [1.29, 1.82) is 0 Å². The molecule has 6 nitrogen and oxygen atoms in total. The third-order valence-electron chi connectivity index (χ3n) is 3.10. The van der Waals surface area contributed by atoms with Crippen molar-refractivity contribution in [2.75, 3.05) is 5.32 Å². The van der Waals surface area contributed by atoms with E-state index in [2.05, 4.69) is 22.4 Å². The lowest BCUT2D eigenvalue weighted by atomic mass is 10.2.